The second-order valence-electron chi connectivity index (χ2n) is 7.58. The van der Waals surface area contributed by atoms with Gasteiger partial charge in [0.25, 0.3) is 11.8 Å². The van der Waals surface area contributed by atoms with Gasteiger partial charge < -0.3 is 10.3 Å². The number of hydrogen-bond acceptors (Lipinski definition) is 3. The molecule has 0 saturated carbocycles. The summed E-state index contributed by atoms with van der Waals surface area (Å²) in [6, 6.07) is 14.2. The topological polar surface area (TPSA) is 94.2 Å². The van der Waals surface area contributed by atoms with Crippen LogP contribution in [0.5, 0.6) is 0 Å². The molecule has 3 aromatic rings. The second kappa shape index (κ2) is 7.25. The van der Waals surface area contributed by atoms with Gasteiger partial charge in [0.1, 0.15) is 0 Å². The molecule has 0 aliphatic rings. The fourth-order valence-electron chi connectivity index (χ4n) is 3.16. The molecule has 0 spiro atoms. The molecular formula is C21H23N3O3. The van der Waals surface area contributed by atoms with Gasteiger partial charge >= 0.3 is 0 Å². The van der Waals surface area contributed by atoms with Crippen molar-refractivity contribution < 1.29 is 14.8 Å². The summed E-state index contributed by atoms with van der Waals surface area (Å²) >= 11 is 0. The summed E-state index contributed by atoms with van der Waals surface area (Å²) in [6.07, 6.45) is 1.72. The van der Waals surface area contributed by atoms with Crippen LogP contribution < -0.4 is 10.8 Å². The van der Waals surface area contributed by atoms with Crippen LogP contribution in [-0.4, -0.2) is 22.0 Å². The Bertz CT molecular complexity index is 968. The first kappa shape index (κ1) is 18.7. The summed E-state index contributed by atoms with van der Waals surface area (Å²) in [5.41, 5.74) is 4.10. The van der Waals surface area contributed by atoms with Gasteiger partial charge in [-0.2, -0.15) is 0 Å². The molecule has 1 heterocycles. The van der Waals surface area contributed by atoms with Gasteiger partial charge in [-0.3, -0.25) is 14.8 Å². The van der Waals surface area contributed by atoms with E-state index in [0.29, 0.717) is 11.1 Å². The zero-order valence-electron chi connectivity index (χ0n) is 15.5. The van der Waals surface area contributed by atoms with Crippen molar-refractivity contribution in [1.29, 1.82) is 0 Å². The third-order valence-corrected chi connectivity index (χ3v) is 4.58. The van der Waals surface area contributed by atoms with Crippen LogP contribution >= 0.6 is 0 Å². The van der Waals surface area contributed by atoms with Gasteiger partial charge in [-0.1, -0.05) is 51.1 Å². The van der Waals surface area contributed by atoms with E-state index in [2.05, 4.69) is 10.3 Å². The molecule has 0 aliphatic heterocycles. The van der Waals surface area contributed by atoms with Crippen LogP contribution in [0.25, 0.3) is 10.9 Å². The molecule has 0 saturated heterocycles. The quantitative estimate of drug-likeness (QED) is 0.418. The molecule has 1 atom stereocenters. The van der Waals surface area contributed by atoms with Crippen molar-refractivity contribution in [3.63, 3.8) is 0 Å². The van der Waals surface area contributed by atoms with Crippen LogP contribution in [0.2, 0.25) is 0 Å². The van der Waals surface area contributed by atoms with Crippen LogP contribution in [0.1, 0.15) is 53.1 Å². The van der Waals surface area contributed by atoms with Crippen molar-refractivity contribution >= 4 is 22.7 Å². The number of amides is 2. The van der Waals surface area contributed by atoms with E-state index >= 15 is 0 Å². The zero-order chi connectivity index (χ0) is 19.6. The summed E-state index contributed by atoms with van der Waals surface area (Å²) in [5.74, 6) is -0.735. The molecule has 0 fully saturated rings. The molecule has 6 heteroatoms. The Hall–Kier alpha value is -3.12. The normalized spacial score (nSPS) is 12.6. The molecule has 2 amide bonds. The van der Waals surface area contributed by atoms with Crippen molar-refractivity contribution in [2.75, 3.05) is 0 Å². The number of carbonyl (C=O) groups excluding carboxylic acids is 2. The van der Waals surface area contributed by atoms with E-state index in [-0.39, 0.29) is 17.4 Å². The molecule has 3 rings (SSSR count). The predicted octanol–water partition coefficient (Wildman–Crippen LogP) is 3.80. The van der Waals surface area contributed by atoms with Crippen molar-refractivity contribution in [3.05, 3.63) is 71.4 Å². The number of aromatic nitrogens is 1. The molecule has 0 aliphatic carbocycles. The Labute approximate surface area is 157 Å². The molecule has 6 nitrogen and oxygen atoms in total. The maximum absolute atomic E-state index is 12.9. The molecule has 0 bridgehead atoms. The zero-order valence-corrected chi connectivity index (χ0v) is 15.5. The number of nitrogens with one attached hydrogen (secondary N) is 3. The average Bonchev–Trinajstić information content (AvgIpc) is 3.09. The summed E-state index contributed by atoms with van der Waals surface area (Å²) in [7, 11) is 0. The van der Waals surface area contributed by atoms with E-state index in [1.165, 1.54) is 0 Å². The number of para-hydroxylation sites is 1. The van der Waals surface area contributed by atoms with E-state index < -0.39 is 5.91 Å². The number of H-pyrrole nitrogens is 1. The Balaban J connectivity index is 1.90. The minimum atomic E-state index is -0.573. The highest BCUT2D eigenvalue weighted by Gasteiger charge is 2.29. The maximum atomic E-state index is 12.9. The highest BCUT2D eigenvalue weighted by molar-refractivity contribution is 6.06. The van der Waals surface area contributed by atoms with Gasteiger partial charge in [0.05, 0.1) is 11.6 Å². The lowest BCUT2D eigenvalue weighted by atomic mass is 9.82. The van der Waals surface area contributed by atoms with Gasteiger partial charge in [-0.15, -0.1) is 0 Å². The van der Waals surface area contributed by atoms with Crippen molar-refractivity contribution in [3.8, 4) is 0 Å². The van der Waals surface area contributed by atoms with E-state index in [9.17, 15) is 9.59 Å². The van der Waals surface area contributed by atoms with Crippen molar-refractivity contribution in [2.24, 2.45) is 5.41 Å². The first-order chi connectivity index (χ1) is 12.8. The number of hydroxylamine groups is 1. The third-order valence-electron chi connectivity index (χ3n) is 4.58. The van der Waals surface area contributed by atoms with Gasteiger partial charge in [-0.05, 0) is 29.2 Å². The van der Waals surface area contributed by atoms with Crippen LogP contribution in [0, 0.1) is 5.41 Å². The molecule has 1 aromatic heterocycles. The van der Waals surface area contributed by atoms with E-state index in [4.69, 9.17) is 5.21 Å². The third kappa shape index (κ3) is 3.85. The minimum Gasteiger partial charge on any atom is -0.360 e. The molecule has 4 N–H and O–H groups in total. The Morgan fingerprint density at radius 3 is 2.30 bits per heavy atom. The lowest BCUT2D eigenvalue weighted by Crippen LogP contribution is -2.36. The Kier molecular flexibility index (Phi) is 5.01. The van der Waals surface area contributed by atoms with E-state index in [1.807, 2.05) is 45.0 Å². The predicted molar refractivity (Wildman–Crippen MR) is 104 cm³/mol. The van der Waals surface area contributed by atoms with Crippen molar-refractivity contribution in [2.45, 2.75) is 26.8 Å². The number of fused-ring (bicyclic) bond motifs is 1. The van der Waals surface area contributed by atoms with Gasteiger partial charge in [0.15, 0.2) is 0 Å². The van der Waals surface area contributed by atoms with E-state index in [1.54, 1.807) is 35.9 Å². The summed E-state index contributed by atoms with van der Waals surface area (Å²) < 4.78 is 0. The summed E-state index contributed by atoms with van der Waals surface area (Å²) in [6.45, 7) is 6.13. The maximum Gasteiger partial charge on any atom is 0.274 e. The lowest BCUT2D eigenvalue weighted by Gasteiger charge is -2.32. The highest BCUT2D eigenvalue weighted by atomic mass is 16.5. The first-order valence-corrected chi connectivity index (χ1v) is 8.72. The summed E-state index contributed by atoms with van der Waals surface area (Å²) in [4.78, 5) is 27.6. The number of benzene rings is 2. The fraction of sp³-hybridized carbons (Fsp3) is 0.238. The Morgan fingerprint density at radius 2 is 1.67 bits per heavy atom. The standard InChI is InChI=1S/C21H23N3O3/c1-21(2,3)18(13-8-10-14(11-9-13)19(25)24-27)23-20(26)16-12-22-17-7-5-4-6-15(16)17/h4-12,18,22,27H,1-3H3,(H,23,26)(H,24,25). The van der Waals surface area contributed by atoms with E-state index in [0.717, 1.165) is 16.5 Å². The number of rotatable bonds is 4. The molecule has 1 unspecified atom stereocenters. The van der Waals surface area contributed by atoms with Gasteiger partial charge in [0.2, 0.25) is 0 Å². The molecule has 0 radical (unpaired) electrons. The van der Waals surface area contributed by atoms with Crippen LogP contribution in [-0.2, 0) is 0 Å². The molecule has 140 valence electrons. The van der Waals surface area contributed by atoms with Crippen LogP contribution in [0.3, 0.4) is 0 Å². The second-order valence-corrected chi connectivity index (χ2v) is 7.58. The Morgan fingerprint density at radius 1 is 1.00 bits per heavy atom. The number of hydrogen-bond donors (Lipinski definition) is 4. The highest BCUT2D eigenvalue weighted by Crippen LogP contribution is 2.33. The number of carbonyl (C=O) groups is 2. The summed E-state index contributed by atoms with van der Waals surface area (Å²) in [5, 5.41) is 12.7. The largest absolute Gasteiger partial charge is 0.360 e. The fourth-order valence-corrected chi connectivity index (χ4v) is 3.16. The van der Waals surface area contributed by atoms with Gasteiger partial charge in [-0.25, -0.2) is 5.48 Å². The SMILES string of the molecule is CC(C)(C)C(NC(=O)c1c[nH]c2ccccc12)c1ccc(C(=O)NO)cc1. The van der Waals surface area contributed by atoms with Gasteiger partial charge in [0, 0.05) is 22.7 Å². The van der Waals surface area contributed by atoms with Crippen LogP contribution in [0.4, 0.5) is 0 Å². The van der Waals surface area contributed by atoms with Crippen molar-refractivity contribution in [1.82, 2.24) is 15.8 Å². The smallest absolute Gasteiger partial charge is 0.274 e. The molecule has 27 heavy (non-hydrogen) atoms. The monoisotopic (exact) mass is 365 g/mol. The van der Waals surface area contributed by atoms with Crippen LogP contribution in [0.15, 0.2) is 54.7 Å². The molecular weight excluding hydrogens is 342 g/mol. The first-order valence-electron chi connectivity index (χ1n) is 8.72. The number of aromatic amines is 1. The average molecular weight is 365 g/mol. The molecule has 2 aromatic carbocycles. The minimum absolute atomic E-state index is 0.162. The lowest BCUT2D eigenvalue weighted by molar-refractivity contribution is 0.0706.